The Morgan fingerprint density at radius 2 is 2.00 bits per heavy atom. The molecule has 0 fully saturated rings. The van der Waals surface area contributed by atoms with Gasteiger partial charge >= 0.3 is 0 Å². The van der Waals surface area contributed by atoms with Gasteiger partial charge in [-0.05, 0) is 37.6 Å². The molecule has 0 spiro atoms. The summed E-state index contributed by atoms with van der Waals surface area (Å²) in [4.78, 5) is 11.5. The molecule has 0 heterocycles. The van der Waals surface area contributed by atoms with Crippen LogP contribution in [0, 0.1) is 18.2 Å². The SMILES string of the molecule is C#CC(C)(C)NC(=O)C=Cc1ccc(F)cc1. The Hall–Kier alpha value is -2.08. The monoisotopic (exact) mass is 231 g/mol. The standard InChI is InChI=1S/C14H14FNO/c1-4-14(2,3)16-13(17)10-7-11-5-8-12(15)9-6-11/h1,5-10H,2-3H3,(H,16,17). The molecular weight excluding hydrogens is 217 g/mol. The van der Waals surface area contributed by atoms with E-state index in [4.69, 9.17) is 6.42 Å². The number of halogens is 1. The molecule has 1 aromatic rings. The topological polar surface area (TPSA) is 29.1 Å². The zero-order chi connectivity index (χ0) is 12.9. The third kappa shape index (κ3) is 4.52. The maximum absolute atomic E-state index is 12.6. The van der Waals surface area contributed by atoms with Crippen LogP contribution in [0.4, 0.5) is 4.39 Å². The van der Waals surface area contributed by atoms with Gasteiger partial charge in [0.05, 0.1) is 5.54 Å². The lowest BCUT2D eigenvalue weighted by Gasteiger charge is -2.17. The predicted octanol–water partition coefficient (Wildman–Crippen LogP) is 2.37. The van der Waals surface area contributed by atoms with Crippen LogP contribution in [-0.4, -0.2) is 11.4 Å². The molecule has 88 valence electrons. The van der Waals surface area contributed by atoms with Crippen molar-refractivity contribution in [3.05, 3.63) is 41.7 Å². The van der Waals surface area contributed by atoms with Crippen LogP contribution in [0.3, 0.4) is 0 Å². The Kier molecular flexibility index (Phi) is 4.06. The summed E-state index contributed by atoms with van der Waals surface area (Å²) in [6.45, 7) is 3.47. The van der Waals surface area contributed by atoms with Gasteiger partial charge in [-0.15, -0.1) is 6.42 Å². The molecule has 0 aliphatic carbocycles. The molecule has 0 unspecified atom stereocenters. The van der Waals surface area contributed by atoms with E-state index in [0.717, 1.165) is 5.56 Å². The number of hydrogen-bond acceptors (Lipinski definition) is 1. The van der Waals surface area contributed by atoms with Crippen LogP contribution in [0.1, 0.15) is 19.4 Å². The normalized spacial score (nSPS) is 11.2. The van der Waals surface area contributed by atoms with E-state index in [0.29, 0.717) is 0 Å². The average molecular weight is 231 g/mol. The van der Waals surface area contributed by atoms with E-state index in [1.807, 2.05) is 0 Å². The smallest absolute Gasteiger partial charge is 0.245 e. The second-order valence-corrected chi connectivity index (χ2v) is 4.14. The van der Waals surface area contributed by atoms with E-state index >= 15 is 0 Å². The van der Waals surface area contributed by atoms with Gasteiger partial charge in [0.2, 0.25) is 5.91 Å². The minimum absolute atomic E-state index is 0.280. The first-order valence-electron chi connectivity index (χ1n) is 5.16. The van der Waals surface area contributed by atoms with E-state index in [2.05, 4.69) is 11.2 Å². The van der Waals surface area contributed by atoms with Crippen molar-refractivity contribution in [2.24, 2.45) is 0 Å². The molecule has 0 radical (unpaired) electrons. The Morgan fingerprint density at radius 1 is 1.41 bits per heavy atom. The highest BCUT2D eigenvalue weighted by atomic mass is 19.1. The molecule has 1 amide bonds. The second-order valence-electron chi connectivity index (χ2n) is 4.14. The van der Waals surface area contributed by atoms with Crippen molar-refractivity contribution in [2.75, 3.05) is 0 Å². The number of rotatable bonds is 3. The first-order chi connectivity index (χ1) is 7.93. The Balaban J connectivity index is 2.63. The fourth-order valence-corrected chi connectivity index (χ4v) is 1.13. The third-order valence-electron chi connectivity index (χ3n) is 2.09. The summed E-state index contributed by atoms with van der Waals surface area (Å²) in [7, 11) is 0. The van der Waals surface area contributed by atoms with E-state index in [-0.39, 0.29) is 11.7 Å². The van der Waals surface area contributed by atoms with Crippen molar-refractivity contribution < 1.29 is 9.18 Å². The lowest BCUT2D eigenvalue weighted by Crippen LogP contribution is -2.41. The van der Waals surface area contributed by atoms with Crippen LogP contribution in [-0.2, 0) is 4.79 Å². The number of nitrogens with one attached hydrogen (secondary N) is 1. The largest absolute Gasteiger partial charge is 0.337 e. The second kappa shape index (κ2) is 5.31. The van der Waals surface area contributed by atoms with Gasteiger partial charge < -0.3 is 5.32 Å². The zero-order valence-corrected chi connectivity index (χ0v) is 9.83. The quantitative estimate of drug-likeness (QED) is 0.628. The van der Waals surface area contributed by atoms with Crippen molar-refractivity contribution in [3.8, 4) is 12.3 Å². The van der Waals surface area contributed by atoms with Crippen LogP contribution < -0.4 is 5.32 Å². The highest BCUT2D eigenvalue weighted by molar-refractivity contribution is 5.92. The van der Waals surface area contributed by atoms with E-state index in [9.17, 15) is 9.18 Å². The number of amides is 1. The predicted molar refractivity (Wildman–Crippen MR) is 66.5 cm³/mol. The molecule has 0 saturated heterocycles. The van der Waals surface area contributed by atoms with Crippen LogP contribution in [0.25, 0.3) is 6.08 Å². The molecule has 1 aromatic carbocycles. The van der Waals surface area contributed by atoms with Crippen molar-refractivity contribution in [3.63, 3.8) is 0 Å². The summed E-state index contributed by atoms with van der Waals surface area (Å²) in [6.07, 6.45) is 8.21. The number of terminal acetylenes is 1. The molecule has 0 atom stereocenters. The molecule has 3 heteroatoms. The maximum atomic E-state index is 12.6. The van der Waals surface area contributed by atoms with Crippen molar-refractivity contribution in [1.29, 1.82) is 0 Å². The maximum Gasteiger partial charge on any atom is 0.245 e. The fourth-order valence-electron chi connectivity index (χ4n) is 1.13. The van der Waals surface area contributed by atoms with E-state index in [1.165, 1.54) is 18.2 Å². The lowest BCUT2D eigenvalue weighted by molar-refractivity contribution is -0.117. The molecule has 0 saturated carbocycles. The van der Waals surface area contributed by atoms with Crippen LogP contribution >= 0.6 is 0 Å². The van der Waals surface area contributed by atoms with Gasteiger partial charge in [-0.2, -0.15) is 0 Å². The molecule has 2 nitrogen and oxygen atoms in total. The molecule has 0 aliphatic heterocycles. The minimum Gasteiger partial charge on any atom is -0.337 e. The molecule has 0 aliphatic rings. The molecule has 17 heavy (non-hydrogen) atoms. The van der Waals surface area contributed by atoms with E-state index < -0.39 is 5.54 Å². The molecule has 1 N–H and O–H groups in total. The molecule has 1 rings (SSSR count). The first kappa shape index (κ1) is 13.0. The number of carbonyl (C=O) groups excluding carboxylic acids is 1. The number of benzene rings is 1. The van der Waals surface area contributed by atoms with Gasteiger partial charge in [-0.3, -0.25) is 4.79 Å². The Labute approximate surface area is 101 Å². The zero-order valence-electron chi connectivity index (χ0n) is 9.83. The lowest BCUT2D eigenvalue weighted by atomic mass is 10.1. The van der Waals surface area contributed by atoms with Gasteiger partial charge in [0.15, 0.2) is 0 Å². The molecule has 0 aromatic heterocycles. The van der Waals surface area contributed by atoms with Gasteiger partial charge in [0.25, 0.3) is 0 Å². The van der Waals surface area contributed by atoms with Crippen LogP contribution in [0.15, 0.2) is 30.3 Å². The highest BCUT2D eigenvalue weighted by Gasteiger charge is 2.14. The first-order valence-corrected chi connectivity index (χ1v) is 5.16. The Morgan fingerprint density at radius 3 is 2.53 bits per heavy atom. The van der Waals surface area contributed by atoms with E-state index in [1.54, 1.807) is 32.1 Å². The Bertz CT molecular complexity index is 466. The molecule has 0 bridgehead atoms. The van der Waals surface area contributed by atoms with Gasteiger partial charge in [0.1, 0.15) is 5.82 Å². The summed E-state index contributed by atoms with van der Waals surface area (Å²) in [5, 5.41) is 2.65. The molecular formula is C14H14FNO. The average Bonchev–Trinajstić information content (AvgIpc) is 2.28. The van der Waals surface area contributed by atoms with Gasteiger partial charge in [0, 0.05) is 6.08 Å². The van der Waals surface area contributed by atoms with Gasteiger partial charge in [-0.25, -0.2) is 4.39 Å². The summed E-state index contributed by atoms with van der Waals surface area (Å²) < 4.78 is 12.6. The van der Waals surface area contributed by atoms with Crippen molar-refractivity contribution >= 4 is 12.0 Å². The van der Waals surface area contributed by atoms with Crippen LogP contribution in [0.2, 0.25) is 0 Å². The van der Waals surface area contributed by atoms with Gasteiger partial charge in [-0.1, -0.05) is 18.1 Å². The number of hydrogen-bond donors (Lipinski definition) is 1. The van der Waals surface area contributed by atoms with Crippen molar-refractivity contribution in [2.45, 2.75) is 19.4 Å². The summed E-state index contributed by atoms with van der Waals surface area (Å²) in [6, 6.07) is 5.85. The summed E-state index contributed by atoms with van der Waals surface area (Å²) in [5.74, 6) is 1.88. The highest BCUT2D eigenvalue weighted by Crippen LogP contribution is 2.05. The summed E-state index contributed by atoms with van der Waals surface area (Å²) >= 11 is 0. The van der Waals surface area contributed by atoms with Crippen molar-refractivity contribution in [1.82, 2.24) is 5.32 Å². The number of carbonyl (C=O) groups is 1. The fraction of sp³-hybridized carbons (Fsp3) is 0.214. The van der Waals surface area contributed by atoms with Crippen LogP contribution in [0.5, 0.6) is 0 Å². The third-order valence-corrected chi connectivity index (χ3v) is 2.09. The summed E-state index contributed by atoms with van der Waals surface area (Å²) in [5.41, 5.74) is 0.0737. The minimum atomic E-state index is -0.676.